The van der Waals surface area contributed by atoms with Gasteiger partial charge in [-0.1, -0.05) is 70.7 Å². The van der Waals surface area contributed by atoms with Gasteiger partial charge >= 0.3 is 24.7 Å². The molecule has 2 aliphatic rings. The largest absolute Gasteiger partial charge is 0.405 e. The lowest BCUT2D eigenvalue weighted by Crippen LogP contribution is -2.50. The van der Waals surface area contributed by atoms with Crippen molar-refractivity contribution >= 4 is 148 Å². The standard InChI is InChI=1S/C23H20ClF3N4O.2C18H15ClF4N6O.C17H15ClF4N6O.6H2/c1-22(2,21(32)30-12-23(25,26)27)31-19-8-14(7-13-5-3-4-6-16(13)19)18-11-29-20-17(18)9-15(24)10-28-20;2*19-9-4-10-11(6-25-14(10)24-5-9)15-26-7-12(20)16(28-15)29-3-1-2-13(29)17(30)27-8-18(21,22)23;1-16(2,15(29)26-7-17(20,21)22)28-14-11(19)6-25-13(27-14)10-5-24-12-9(10)3-8(18)4-23-12;;;;;;/h3-11,31H,12H2,1-2H3,(H,28,29)(H,30,32);2*4-7,13H,1-3,8H2,(H,24,25)(H,27,30);3-6H,7H2,1-2H3,(H,23,24)(H,26,29)(H,25,27,28);6*1H/t;2*13-;;;;;;;/m.10......./s1. The second-order valence-corrected chi connectivity index (χ2v) is 30.1. The highest BCUT2D eigenvalue weighted by molar-refractivity contribution is 6.32. The number of pyridine rings is 4. The van der Waals surface area contributed by atoms with Crippen LogP contribution in [0.1, 0.15) is 61.9 Å². The summed E-state index contributed by atoms with van der Waals surface area (Å²) in [6.07, 6.45) is -1.16. The van der Waals surface area contributed by atoms with Gasteiger partial charge in [0.05, 0.1) is 38.7 Å². The average Bonchev–Trinajstić information content (AvgIpc) is 1.71. The quantitative estimate of drug-likeness (QED) is 0.0357. The molecule has 0 saturated carbocycles. The van der Waals surface area contributed by atoms with Crippen molar-refractivity contribution in [2.24, 2.45) is 0 Å². The third-order valence-corrected chi connectivity index (χ3v) is 19.4. The van der Waals surface area contributed by atoms with Gasteiger partial charge in [-0.15, -0.1) is 0 Å². The highest BCUT2D eigenvalue weighted by Crippen LogP contribution is 2.39. The Balaban J connectivity index is 0.000000257. The number of carbonyl (C=O) groups excluding carboxylic acids is 4. The molecule has 26 nitrogen and oxygen atoms in total. The van der Waals surface area contributed by atoms with Gasteiger partial charge in [0, 0.05) is 126 Å². The number of hydrogen-bond acceptors (Lipinski definition) is 18. The van der Waals surface area contributed by atoms with Crippen LogP contribution in [0.2, 0.25) is 20.1 Å². The maximum Gasteiger partial charge on any atom is 0.405 e. The van der Waals surface area contributed by atoms with Crippen LogP contribution in [-0.2, 0) is 19.2 Å². The first kappa shape index (κ1) is 88.2. The van der Waals surface area contributed by atoms with Crippen LogP contribution >= 0.6 is 46.4 Å². The number of halogens is 19. The molecule has 0 radical (unpaired) electrons. The van der Waals surface area contributed by atoms with Crippen molar-refractivity contribution in [3.63, 3.8) is 0 Å². The summed E-state index contributed by atoms with van der Waals surface area (Å²) in [5.41, 5.74) is 3.25. The van der Waals surface area contributed by atoms with Gasteiger partial charge in [0.15, 0.2) is 52.4 Å². The highest BCUT2D eigenvalue weighted by atomic mass is 35.5. The first-order chi connectivity index (χ1) is 56.9. The summed E-state index contributed by atoms with van der Waals surface area (Å²) in [4.78, 5) is 105. The number of hydrogen-bond donors (Lipinski definition) is 10. The minimum absolute atomic E-state index is 0. The number of anilines is 4. The van der Waals surface area contributed by atoms with Gasteiger partial charge in [0.1, 0.15) is 71.9 Å². The maximum absolute atomic E-state index is 14.5. The molecular formula is C76H77Cl4F15N22O4. The molecule has 0 bridgehead atoms. The van der Waals surface area contributed by atoms with Gasteiger partial charge in [0.25, 0.3) is 0 Å². The van der Waals surface area contributed by atoms with Gasteiger partial charge in [-0.25, -0.2) is 63.0 Å². The molecule has 15 rings (SSSR count). The molecule has 0 spiro atoms. The van der Waals surface area contributed by atoms with Crippen molar-refractivity contribution in [2.45, 2.75) is 101 Å². The van der Waals surface area contributed by atoms with Crippen LogP contribution in [0.25, 0.3) is 100 Å². The van der Waals surface area contributed by atoms with E-state index in [-0.39, 0.29) is 69.4 Å². The Morgan fingerprint density at radius 1 is 0.430 bits per heavy atom. The lowest BCUT2D eigenvalue weighted by Gasteiger charge is -2.28. The summed E-state index contributed by atoms with van der Waals surface area (Å²) in [5, 5.41) is 19.2. The van der Waals surface area contributed by atoms with Crippen molar-refractivity contribution in [3.8, 4) is 45.3 Å². The van der Waals surface area contributed by atoms with E-state index in [1.165, 1.54) is 56.1 Å². The van der Waals surface area contributed by atoms with Gasteiger partial charge in [0.2, 0.25) is 23.6 Å². The Morgan fingerprint density at radius 3 is 1.17 bits per heavy atom. The smallest absolute Gasteiger partial charge is 0.371 e. The number of alkyl halides is 12. The lowest BCUT2D eigenvalue weighted by molar-refractivity contribution is -0.140. The van der Waals surface area contributed by atoms with Crippen LogP contribution in [0.15, 0.2) is 129 Å². The molecule has 2 atom stereocenters. The molecule has 2 saturated heterocycles. The number of fused-ring (bicyclic) bond motifs is 5. The number of amides is 4. The molecule has 648 valence electrons. The van der Waals surface area contributed by atoms with Gasteiger partial charge in [-0.3, -0.25) is 19.2 Å². The lowest BCUT2D eigenvalue weighted by atomic mass is 9.97. The molecule has 121 heavy (non-hydrogen) atoms. The van der Waals surface area contributed by atoms with Gasteiger partial charge in [-0.2, -0.15) is 52.7 Å². The fourth-order valence-electron chi connectivity index (χ4n) is 13.0. The van der Waals surface area contributed by atoms with Crippen molar-refractivity contribution in [1.82, 2.24) is 91.0 Å². The minimum Gasteiger partial charge on any atom is -0.371 e. The van der Waals surface area contributed by atoms with E-state index in [1.807, 2.05) is 64.6 Å². The summed E-state index contributed by atoms with van der Waals surface area (Å²) in [7, 11) is 0. The Hall–Kier alpha value is -12.1. The molecule has 13 heterocycles. The molecule has 2 aliphatic heterocycles. The fourth-order valence-corrected chi connectivity index (χ4v) is 13.6. The fraction of sp³-hybridized carbons (Fsp3) is 0.289. The molecule has 11 aromatic heterocycles. The molecule has 13 aromatic rings. The van der Waals surface area contributed by atoms with E-state index < -0.39 is 115 Å². The van der Waals surface area contributed by atoms with E-state index in [4.69, 9.17) is 46.4 Å². The van der Waals surface area contributed by atoms with Gasteiger partial charge < -0.3 is 61.6 Å². The molecule has 45 heteroatoms. The molecule has 0 aliphatic carbocycles. The Labute approximate surface area is 702 Å². The van der Waals surface area contributed by atoms with Crippen LogP contribution in [-0.4, -0.2) is 181 Å². The predicted octanol–water partition coefficient (Wildman–Crippen LogP) is 18.0. The zero-order chi connectivity index (χ0) is 87.4. The third-order valence-electron chi connectivity index (χ3n) is 18.6. The maximum atomic E-state index is 14.5. The molecule has 10 N–H and O–H groups in total. The van der Waals surface area contributed by atoms with E-state index in [0.717, 1.165) is 45.9 Å². The number of aromatic amines is 4. The molecular weight excluding hydrogens is 1710 g/mol. The summed E-state index contributed by atoms with van der Waals surface area (Å²) < 4.78 is 192. The van der Waals surface area contributed by atoms with Crippen molar-refractivity contribution in [3.05, 3.63) is 166 Å². The van der Waals surface area contributed by atoms with Gasteiger partial charge in [-0.05, 0) is 101 Å². The number of benzene rings is 2. The molecule has 2 aromatic carbocycles. The predicted molar refractivity (Wildman–Crippen MR) is 435 cm³/mol. The van der Waals surface area contributed by atoms with Crippen LogP contribution < -0.4 is 41.7 Å². The minimum atomic E-state index is -4.57. The SMILES string of the molecule is CC(C)(Nc1cc(-c2c[nH]c3ncc(Cl)cc23)cc2ccccc12)C(=O)NCC(F)(F)F.CC(C)(Nc1nc(-c2c[nH]c3ncc(Cl)cc23)ncc1F)C(=O)NCC(F)(F)F.O=C(NCC(F)(F)F)[C@@H]1CCCN1c1nc(-c2c[nH]c3ncc(Cl)cc23)ncc1F.O=C(NCC(F)(F)F)[C@H]1CCCN1c1nc(-c2c[nH]c3ncc(Cl)cc23)ncc1F.[HH].[HH].[HH].[HH].[HH].[HH]. The number of H-pyrrole nitrogens is 4. The van der Waals surface area contributed by atoms with Crippen molar-refractivity contribution < 1.29 is 93.6 Å². The third kappa shape index (κ3) is 21.7. The molecule has 2 fully saturated rings. The van der Waals surface area contributed by atoms with Crippen LogP contribution in [0, 0.1) is 17.5 Å². The summed E-state index contributed by atoms with van der Waals surface area (Å²) >= 11 is 24.1. The van der Waals surface area contributed by atoms with Crippen LogP contribution in [0.5, 0.6) is 0 Å². The summed E-state index contributed by atoms with van der Waals surface area (Å²) in [6, 6.07) is 16.3. The van der Waals surface area contributed by atoms with E-state index in [0.29, 0.717) is 94.1 Å². The molecule has 0 unspecified atom stereocenters. The zero-order valence-corrected chi connectivity index (χ0v) is 66.1. The second-order valence-electron chi connectivity index (χ2n) is 28.3. The first-order valence-corrected chi connectivity index (χ1v) is 37.6. The highest BCUT2D eigenvalue weighted by Gasteiger charge is 2.40. The van der Waals surface area contributed by atoms with Crippen LogP contribution in [0.3, 0.4) is 0 Å². The van der Waals surface area contributed by atoms with Crippen molar-refractivity contribution in [2.75, 3.05) is 59.7 Å². The number of nitrogens with zero attached hydrogens (tertiary/aromatic N) is 12. The topological polar surface area (TPSA) is 339 Å². The van der Waals surface area contributed by atoms with Crippen LogP contribution in [0.4, 0.5) is 89.0 Å². The second kappa shape index (κ2) is 35.7. The van der Waals surface area contributed by atoms with E-state index in [2.05, 4.69) is 80.4 Å². The first-order valence-electron chi connectivity index (χ1n) is 36.1. The normalized spacial score (nSPS) is 14.6. The number of carbonyl (C=O) groups is 4. The van der Waals surface area contributed by atoms with E-state index in [1.54, 1.807) is 48.3 Å². The average molecular weight is 1790 g/mol. The molecule has 4 amide bonds. The number of nitrogens with one attached hydrogen (secondary N) is 10. The Morgan fingerprint density at radius 2 is 0.777 bits per heavy atom. The van der Waals surface area contributed by atoms with E-state index >= 15 is 0 Å². The zero-order valence-electron chi connectivity index (χ0n) is 63.0. The van der Waals surface area contributed by atoms with Crippen molar-refractivity contribution in [1.29, 1.82) is 0 Å². The number of rotatable bonds is 18. The summed E-state index contributed by atoms with van der Waals surface area (Å²) in [5.74, 6) is -5.99. The Kier molecular flexibility index (Phi) is 26.0. The summed E-state index contributed by atoms with van der Waals surface area (Å²) in [6.45, 7) is 0.444. The van der Waals surface area contributed by atoms with E-state index in [9.17, 15) is 85.0 Å². The Bertz CT molecular complexity index is 5880. The monoisotopic (exact) mass is 1790 g/mol. The number of aromatic nitrogens is 14.